The Balaban J connectivity index is 0. The first-order chi connectivity index (χ1) is 4.56. The van der Waals surface area contributed by atoms with Crippen molar-refractivity contribution in [3.63, 3.8) is 0 Å². The zero-order chi connectivity index (χ0) is 9.71. The normalized spacial score (nSPS) is 11.6. The fraction of sp³-hybridized carbons (Fsp3) is 0. The SMILES string of the molecule is NS(=O)(=O)NCl.O=S(=O)(O)Cl. The van der Waals surface area contributed by atoms with Gasteiger partial charge in [-0.25, -0.2) is 5.14 Å². The minimum Gasteiger partial charge on any atom is -0.273 e. The lowest BCUT2D eigenvalue weighted by atomic mass is 13.9. The highest BCUT2D eigenvalue weighted by molar-refractivity contribution is 8.09. The van der Waals surface area contributed by atoms with E-state index in [4.69, 9.17) is 13.0 Å². The van der Waals surface area contributed by atoms with Crippen molar-refractivity contribution in [3.8, 4) is 0 Å². The molecule has 0 aliphatic rings. The summed E-state index contributed by atoms with van der Waals surface area (Å²) in [5.74, 6) is 0. The molecule has 4 N–H and O–H groups in total. The predicted molar refractivity (Wildman–Crippen MR) is 39.5 cm³/mol. The van der Waals surface area contributed by atoms with Crippen molar-refractivity contribution < 1.29 is 21.4 Å². The first-order valence-electron chi connectivity index (χ1n) is 1.63. The molecule has 0 amide bonds. The van der Waals surface area contributed by atoms with Gasteiger partial charge in [0.15, 0.2) is 0 Å². The lowest BCUT2D eigenvalue weighted by molar-refractivity contribution is 0.501. The first-order valence-corrected chi connectivity index (χ1v) is 5.82. The molecule has 0 saturated heterocycles. The molecule has 0 saturated carbocycles. The van der Waals surface area contributed by atoms with Crippen LogP contribution in [0.1, 0.15) is 0 Å². The van der Waals surface area contributed by atoms with Crippen molar-refractivity contribution in [2.45, 2.75) is 0 Å². The molecule has 0 heterocycles. The second-order valence-electron chi connectivity index (χ2n) is 1.03. The van der Waals surface area contributed by atoms with Crippen LogP contribution in [0.5, 0.6) is 0 Å². The summed E-state index contributed by atoms with van der Waals surface area (Å²) in [5.41, 5.74) is 0. The quantitative estimate of drug-likeness (QED) is 0.310. The molecule has 11 heteroatoms. The minimum atomic E-state index is -4.19. The molecule has 0 unspecified atom stereocenters. The first kappa shape index (κ1) is 13.9. The predicted octanol–water partition coefficient (Wildman–Crippen LogP) is -1.04. The van der Waals surface area contributed by atoms with Crippen LogP contribution in [-0.2, 0) is 19.5 Å². The van der Waals surface area contributed by atoms with Gasteiger partial charge in [-0.05, 0) is 11.8 Å². The molecule has 0 fully saturated rings. The Morgan fingerprint density at radius 2 is 1.36 bits per heavy atom. The molecule has 0 aliphatic carbocycles. The van der Waals surface area contributed by atoms with E-state index >= 15 is 0 Å². The fourth-order valence-electron chi connectivity index (χ4n) is 0. The van der Waals surface area contributed by atoms with Crippen molar-refractivity contribution >= 4 is 42.0 Å². The van der Waals surface area contributed by atoms with Gasteiger partial charge in [0.25, 0.3) is 10.2 Å². The van der Waals surface area contributed by atoms with E-state index < -0.39 is 19.5 Å². The fourth-order valence-corrected chi connectivity index (χ4v) is 0. The average Bonchev–Trinajstić information content (AvgIpc) is 1.59. The van der Waals surface area contributed by atoms with Crippen molar-refractivity contribution in [1.29, 1.82) is 0 Å². The van der Waals surface area contributed by atoms with E-state index in [1.54, 1.807) is 0 Å². The van der Waals surface area contributed by atoms with Crippen LogP contribution in [0, 0.1) is 0 Å². The van der Waals surface area contributed by atoms with Gasteiger partial charge in [0, 0.05) is 10.7 Å². The van der Waals surface area contributed by atoms with Gasteiger partial charge in [-0.1, -0.05) is 0 Å². The zero-order valence-electron chi connectivity index (χ0n) is 4.73. The highest BCUT2D eigenvalue weighted by Gasteiger charge is 1.91. The van der Waals surface area contributed by atoms with Crippen LogP contribution >= 0.6 is 22.5 Å². The molecule has 70 valence electrons. The Kier molecular flexibility index (Phi) is 6.43. The lowest BCUT2D eigenvalue weighted by Gasteiger charge is -1.82. The van der Waals surface area contributed by atoms with Gasteiger partial charge in [-0.15, -0.1) is 4.24 Å². The van der Waals surface area contributed by atoms with Gasteiger partial charge in [0.05, 0.1) is 0 Å². The molecule has 0 bridgehead atoms. The molecular formula is H4Cl2N2O5S2. The number of nitrogens with two attached hydrogens (primary N) is 1. The number of hydrogen-bond donors (Lipinski definition) is 3. The summed E-state index contributed by atoms with van der Waals surface area (Å²) < 4.78 is 45.6. The Hall–Kier alpha value is 0.360. The molecule has 0 aromatic carbocycles. The van der Waals surface area contributed by atoms with Crippen molar-refractivity contribution in [1.82, 2.24) is 4.24 Å². The molecular weight excluding hydrogens is 243 g/mol. The van der Waals surface area contributed by atoms with Gasteiger partial charge < -0.3 is 0 Å². The van der Waals surface area contributed by atoms with Crippen LogP contribution < -0.4 is 9.38 Å². The average molecular weight is 247 g/mol. The highest BCUT2D eigenvalue weighted by atomic mass is 35.7. The Bertz CT molecular complexity index is 268. The number of nitrogens with one attached hydrogen (secondary N) is 1. The summed E-state index contributed by atoms with van der Waals surface area (Å²) >= 11 is 4.51. The smallest absolute Gasteiger partial charge is 0.273 e. The van der Waals surface area contributed by atoms with Crippen LogP contribution in [0.4, 0.5) is 0 Å². The Labute approximate surface area is 73.0 Å². The molecule has 0 spiro atoms. The standard InChI is InChI=1S/ClH3N2O2S.ClHO3S/c1-3-6(2,4)5;1-5(2,3)4/h3H,(H2,2,4,5);(H,2,3,4). The maximum Gasteiger partial charge on any atom is 0.353 e. The van der Waals surface area contributed by atoms with Gasteiger partial charge in [0.1, 0.15) is 0 Å². The molecule has 0 aliphatic heterocycles. The minimum absolute atomic E-state index is 1.33. The van der Waals surface area contributed by atoms with E-state index in [1.807, 2.05) is 0 Å². The summed E-state index contributed by atoms with van der Waals surface area (Å²) in [7, 11) is -3.78. The van der Waals surface area contributed by atoms with E-state index in [0.717, 1.165) is 0 Å². The van der Waals surface area contributed by atoms with Gasteiger partial charge in [-0.3, -0.25) is 4.55 Å². The molecule has 11 heavy (non-hydrogen) atoms. The van der Waals surface area contributed by atoms with E-state index in [0.29, 0.717) is 0 Å². The van der Waals surface area contributed by atoms with Gasteiger partial charge in [-0.2, -0.15) is 16.8 Å². The van der Waals surface area contributed by atoms with Crippen LogP contribution in [0.25, 0.3) is 0 Å². The highest BCUT2D eigenvalue weighted by Crippen LogP contribution is 1.82. The number of halogens is 2. The van der Waals surface area contributed by atoms with Gasteiger partial charge in [0.2, 0.25) is 0 Å². The Morgan fingerprint density at radius 1 is 1.27 bits per heavy atom. The number of rotatable bonds is 1. The molecule has 0 aromatic rings. The molecule has 0 aromatic heterocycles. The summed E-state index contributed by atoms with van der Waals surface area (Å²) in [4.78, 5) is 0. The summed E-state index contributed by atoms with van der Waals surface area (Å²) in [5, 5.41) is 4.26. The van der Waals surface area contributed by atoms with Crippen LogP contribution in [0.15, 0.2) is 0 Å². The van der Waals surface area contributed by atoms with Crippen molar-refractivity contribution in [3.05, 3.63) is 0 Å². The largest absolute Gasteiger partial charge is 0.353 e. The van der Waals surface area contributed by atoms with Crippen molar-refractivity contribution in [2.75, 3.05) is 0 Å². The van der Waals surface area contributed by atoms with E-state index in [9.17, 15) is 8.42 Å². The van der Waals surface area contributed by atoms with E-state index in [2.05, 4.69) is 27.6 Å². The maximum atomic E-state index is 9.53. The monoisotopic (exact) mass is 246 g/mol. The summed E-state index contributed by atoms with van der Waals surface area (Å²) in [6.45, 7) is 0. The third kappa shape index (κ3) is 64.1. The maximum absolute atomic E-state index is 9.53. The lowest BCUT2D eigenvalue weighted by Crippen LogP contribution is -2.22. The second-order valence-corrected chi connectivity index (χ2v) is 4.74. The third-order valence-corrected chi connectivity index (χ3v) is 0.968. The van der Waals surface area contributed by atoms with Crippen LogP contribution in [0.3, 0.4) is 0 Å². The zero-order valence-corrected chi connectivity index (χ0v) is 7.87. The van der Waals surface area contributed by atoms with Crippen LogP contribution in [-0.4, -0.2) is 21.4 Å². The third-order valence-electron chi connectivity index (χ3n) is 0.108. The summed E-state index contributed by atoms with van der Waals surface area (Å²) in [6.07, 6.45) is 0. The summed E-state index contributed by atoms with van der Waals surface area (Å²) in [6, 6.07) is 0. The van der Waals surface area contributed by atoms with Crippen LogP contribution in [0.2, 0.25) is 0 Å². The number of hydrogen-bond acceptors (Lipinski definition) is 4. The topological polar surface area (TPSA) is 127 Å². The van der Waals surface area contributed by atoms with E-state index in [-0.39, 0.29) is 0 Å². The van der Waals surface area contributed by atoms with Gasteiger partial charge >= 0.3 is 9.33 Å². The molecule has 0 radical (unpaired) electrons. The molecule has 0 atom stereocenters. The second kappa shape index (κ2) is 5.09. The molecule has 7 nitrogen and oxygen atoms in total. The van der Waals surface area contributed by atoms with Crippen molar-refractivity contribution in [2.24, 2.45) is 5.14 Å². The van der Waals surface area contributed by atoms with E-state index in [1.165, 1.54) is 4.24 Å². The molecule has 0 rings (SSSR count). The Morgan fingerprint density at radius 3 is 1.36 bits per heavy atom.